The zero-order valence-corrected chi connectivity index (χ0v) is 20.1. The van der Waals surface area contributed by atoms with E-state index in [4.69, 9.17) is 25.8 Å². The quantitative estimate of drug-likeness (QED) is 0.220. The SMILES string of the molecule is COc1cc(/C=C(\C#N)C(=O)N2CCc3ccccc32)ccc1OCCCOc1ccccc1Cl. The minimum Gasteiger partial charge on any atom is -0.493 e. The molecule has 0 saturated carbocycles. The molecule has 4 rings (SSSR count). The fourth-order valence-corrected chi connectivity index (χ4v) is 4.07. The molecule has 0 bridgehead atoms. The lowest BCUT2D eigenvalue weighted by Gasteiger charge is -2.16. The van der Waals surface area contributed by atoms with Gasteiger partial charge in [0, 0.05) is 18.7 Å². The van der Waals surface area contributed by atoms with E-state index in [-0.39, 0.29) is 11.5 Å². The number of halogens is 1. The average molecular weight is 489 g/mol. The number of nitriles is 1. The molecule has 3 aromatic carbocycles. The average Bonchev–Trinajstić information content (AvgIpc) is 3.32. The Balaban J connectivity index is 1.38. The number of rotatable bonds is 9. The van der Waals surface area contributed by atoms with Gasteiger partial charge in [-0.2, -0.15) is 5.26 Å². The monoisotopic (exact) mass is 488 g/mol. The van der Waals surface area contributed by atoms with Crippen molar-refractivity contribution >= 4 is 29.3 Å². The van der Waals surface area contributed by atoms with Crippen LogP contribution in [0.2, 0.25) is 5.02 Å². The number of amides is 1. The Kier molecular flexibility index (Phi) is 7.92. The van der Waals surface area contributed by atoms with Gasteiger partial charge in [0.25, 0.3) is 5.91 Å². The molecule has 3 aromatic rings. The summed E-state index contributed by atoms with van der Waals surface area (Å²) in [6.07, 6.45) is 3.01. The number of methoxy groups -OCH3 is 1. The van der Waals surface area contributed by atoms with E-state index in [1.807, 2.05) is 42.5 Å². The maximum absolute atomic E-state index is 13.1. The molecule has 0 atom stereocenters. The minimum atomic E-state index is -0.310. The van der Waals surface area contributed by atoms with Crippen molar-refractivity contribution in [2.75, 3.05) is 31.8 Å². The number of carbonyl (C=O) groups is 1. The van der Waals surface area contributed by atoms with Crippen molar-refractivity contribution in [3.63, 3.8) is 0 Å². The summed E-state index contributed by atoms with van der Waals surface area (Å²) in [7, 11) is 1.55. The number of nitrogens with zero attached hydrogens (tertiary/aromatic N) is 2. The summed E-state index contributed by atoms with van der Waals surface area (Å²) in [5.74, 6) is 1.42. The zero-order chi connectivity index (χ0) is 24.6. The normalized spacial score (nSPS) is 12.6. The van der Waals surface area contributed by atoms with E-state index < -0.39 is 0 Å². The summed E-state index contributed by atoms with van der Waals surface area (Å²) in [5, 5.41) is 10.2. The number of para-hydroxylation sites is 2. The van der Waals surface area contributed by atoms with Crippen molar-refractivity contribution in [3.05, 3.63) is 88.5 Å². The van der Waals surface area contributed by atoms with Crippen molar-refractivity contribution in [1.82, 2.24) is 0 Å². The summed E-state index contributed by atoms with van der Waals surface area (Å²) >= 11 is 6.09. The maximum Gasteiger partial charge on any atom is 0.268 e. The topological polar surface area (TPSA) is 71.8 Å². The Hall–Kier alpha value is -3.95. The predicted molar refractivity (Wildman–Crippen MR) is 136 cm³/mol. The van der Waals surface area contributed by atoms with Crippen LogP contribution >= 0.6 is 11.6 Å². The number of anilines is 1. The largest absolute Gasteiger partial charge is 0.493 e. The van der Waals surface area contributed by atoms with E-state index in [0.717, 1.165) is 17.7 Å². The summed E-state index contributed by atoms with van der Waals surface area (Å²) in [4.78, 5) is 14.7. The van der Waals surface area contributed by atoms with Crippen LogP contribution in [0.5, 0.6) is 17.2 Å². The summed E-state index contributed by atoms with van der Waals surface area (Å²) in [5.41, 5.74) is 2.71. The zero-order valence-electron chi connectivity index (χ0n) is 19.4. The Morgan fingerprint density at radius 3 is 2.54 bits per heavy atom. The third kappa shape index (κ3) is 5.76. The molecule has 0 aromatic heterocycles. The predicted octanol–water partition coefficient (Wildman–Crippen LogP) is 5.69. The summed E-state index contributed by atoms with van der Waals surface area (Å²) in [6, 6.07) is 22.4. The van der Waals surface area contributed by atoms with E-state index in [1.165, 1.54) is 0 Å². The van der Waals surface area contributed by atoms with Crippen molar-refractivity contribution < 1.29 is 19.0 Å². The van der Waals surface area contributed by atoms with Gasteiger partial charge >= 0.3 is 0 Å². The van der Waals surface area contributed by atoms with Crippen LogP contribution in [-0.4, -0.2) is 32.8 Å². The van der Waals surface area contributed by atoms with Crippen molar-refractivity contribution in [2.45, 2.75) is 12.8 Å². The molecule has 1 heterocycles. The van der Waals surface area contributed by atoms with E-state index in [2.05, 4.69) is 6.07 Å². The van der Waals surface area contributed by atoms with Crippen molar-refractivity contribution in [2.24, 2.45) is 0 Å². The fraction of sp³-hybridized carbons (Fsp3) is 0.214. The van der Waals surface area contributed by atoms with Crippen LogP contribution < -0.4 is 19.1 Å². The Labute approximate surface area is 209 Å². The number of hydrogen-bond acceptors (Lipinski definition) is 5. The van der Waals surface area contributed by atoms with Crippen LogP contribution in [0.4, 0.5) is 5.69 Å². The second-order valence-corrected chi connectivity index (χ2v) is 8.30. The number of carbonyl (C=O) groups excluding carboxylic acids is 1. The van der Waals surface area contributed by atoms with Gasteiger partial charge in [0.05, 0.1) is 25.3 Å². The van der Waals surface area contributed by atoms with Crippen LogP contribution in [0, 0.1) is 11.3 Å². The Morgan fingerprint density at radius 1 is 1.03 bits per heavy atom. The van der Waals surface area contributed by atoms with Gasteiger partial charge in [0.2, 0.25) is 0 Å². The van der Waals surface area contributed by atoms with Crippen LogP contribution in [0.3, 0.4) is 0 Å². The fourth-order valence-electron chi connectivity index (χ4n) is 3.88. The minimum absolute atomic E-state index is 0.0640. The summed E-state index contributed by atoms with van der Waals surface area (Å²) < 4.78 is 17.0. The van der Waals surface area contributed by atoms with Crippen LogP contribution in [0.25, 0.3) is 6.08 Å². The molecule has 1 aliphatic rings. The van der Waals surface area contributed by atoms with Crippen LogP contribution in [-0.2, 0) is 11.2 Å². The molecule has 35 heavy (non-hydrogen) atoms. The number of hydrogen-bond donors (Lipinski definition) is 0. The molecular weight excluding hydrogens is 464 g/mol. The first-order chi connectivity index (χ1) is 17.1. The van der Waals surface area contributed by atoms with Gasteiger partial charge in [0.1, 0.15) is 17.4 Å². The molecule has 0 fully saturated rings. The van der Waals surface area contributed by atoms with Crippen molar-refractivity contribution in [3.8, 4) is 23.3 Å². The molecule has 7 heteroatoms. The molecule has 0 spiro atoms. The highest BCUT2D eigenvalue weighted by Crippen LogP contribution is 2.31. The second-order valence-electron chi connectivity index (χ2n) is 7.90. The number of fused-ring (bicyclic) bond motifs is 1. The van der Waals surface area contributed by atoms with Gasteiger partial charge in [-0.05, 0) is 54.0 Å². The van der Waals surface area contributed by atoms with Crippen molar-refractivity contribution in [1.29, 1.82) is 5.26 Å². The Morgan fingerprint density at radius 2 is 1.77 bits per heavy atom. The first-order valence-corrected chi connectivity index (χ1v) is 11.7. The highest BCUT2D eigenvalue weighted by molar-refractivity contribution is 6.32. The molecule has 6 nitrogen and oxygen atoms in total. The van der Waals surface area contributed by atoms with E-state index >= 15 is 0 Å². The van der Waals surface area contributed by atoms with Gasteiger partial charge < -0.3 is 19.1 Å². The molecule has 1 amide bonds. The van der Waals surface area contributed by atoms with Gasteiger partial charge in [-0.25, -0.2) is 0 Å². The highest BCUT2D eigenvalue weighted by Gasteiger charge is 2.26. The van der Waals surface area contributed by atoms with E-state index in [9.17, 15) is 10.1 Å². The summed E-state index contributed by atoms with van der Waals surface area (Å²) in [6.45, 7) is 1.44. The lowest BCUT2D eigenvalue weighted by atomic mass is 10.1. The van der Waals surface area contributed by atoms with Crippen LogP contribution in [0.15, 0.2) is 72.3 Å². The second kappa shape index (κ2) is 11.5. The van der Waals surface area contributed by atoms with Gasteiger partial charge in [-0.15, -0.1) is 0 Å². The van der Waals surface area contributed by atoms with Gasteiger partial charge in [-0.3, -0.25) is 4.79 Å². The molecule has 1 aliphatic heterocycles. The van der Waals surface area contributed by atoms with Gasteiger partial charge in [-0.1, -0.05) is 48.0 Å². The molecule has 0 saturated heterocycles. The Bertz CT molecular complexity index is 1280. The van der Waals surface area contributed by atoms with Gasteiger partial charge in [0.15, 0.2) is 11.5 Å². The lowest BCUT2D eigenvalue weighted by Crippen LogP contribution is -2.29. The molecular formula is C28H25ClN2O4. The smallest absolute Gasteiger partial charge is 0.268 e. The molecule has 0 radical (unpaired) electrons. The lowest BCUT2D eigenvalue weighted by molar-refractivity contribution is -0.114. The van der Waals surface area contributed by atoms with E-state index in [1.54, 1.807) is 42.4 Å². The third-order valence-electron chi connectivity index (χ3n) is 5.62. The molecule has 0 N–H and O–H groups in total. The van der Waals surface area contributed by atoms with E-state index in [0.29, 0.717) is 54.0 Å². The maximum atomic E-state index is 13.1. The third-order valence-corrected chi connectivity index (χ3v) is 5.93. The highest BCUT2D eigenvalue weighted by atomic mass is 35.5. The van der Waals surface area contributed by atoms with Crippen LogP contribution in [0.1, 0.15) is 17.5 Å². The molecule has 0 unspecified atom stereocenters. The molecule has 0 aliphatic carbocycles. The standard InChI is InChI=1S/C28H25ClN2O4/c1-33-27-18-20(11-12-26(27)35-16-6-15-34-25-10-5-3-8-23(25)29)17-22(19-30)28(32)31-14-13-21-7-2-4-9-24(21)31/h2-5,7-12,17-18H,6,13-16H2,1H3/b22-17+. The number of ether oxygens (including phenoxy) is 3. The number of benzene rings is 3. The first kappa shape index (κ1) is 24.2. The first-order valence-electron chi connectivity index (χ1n) is 11.3. The molecule has 178 valence electrons.